The lowest BCUT2D eigenvalue weighted by molar-refractivity contribution is 0.218. The van der Waals surface area contributed by atoms with Gasteiger partial charge in [-0.2, -0.15) is 4.98 Å². The minimum absolute atomic E-state index is 0.162. The number of H-pyrrole nitrogens is 1. The molecule has 1 aliphatic heterocycles. The standard InChI is InChI=1S/C18H22N8O2/c1-10-22-17(24-28-10)23-18(27)26-7-11-5-13(6-12(11)8-26)25(2)16-14-3-4-19-15(14)20-9-21-16/h3-4,9,11-13H,5-8H2,1-2H3,(H,19,20,21)(H,23,24,27)/t11-,12+,13-. The normalized spacial score (nSPS) is 23.9. The number of aryl methyl sites for hydroxylation is 1. The van der Waals surface area contributed by atoms with Gasteiger partial charge in [-0.3, -0.25) is 5.32 Å². The van der Waals surface area contributed by atoms with Crippen LogP contribution in [-0.4, -0.2) is 62.2 Å². The fourth-order valence-corrected chi connectivity index (χ4v) is 4.59. The summed E-state index contributed by atoms with van der Waals surface area (Å²) < 4.78 is 4.90. The molecule has 4 heterocycles. The summed E-state index contributed by atoms with van der Waals surface area (Å²) in [7, 11) is 2.10. The SMILES string of the molecule is Cc1nc(NC(=O)N2C[C@H]3C[C@@H](N(C)c4ncnc5[nH]ccc45)C[C@H]3C2)no1. The Bertz CT molecular complexity index is 1000. The maximum Gasteiger partial charge on any atom is 0.324 e. The average Bonchev–Trinajstić information content (AvgIpc) is 3.43. The van der Waals surface area contributed by atoms with Crippen LogP contribution in [0.15, 0.2) is 23.1 Å². The van der Waals surface area contributed by atoms with Gasteiger partial charge in [-0.25, -0.2) is 14.8 Å². The first kappa shape index (κ1) is 17.0. The van der Waals surface area contributed by atoms with Crippen molar-refractivity contribution in [2.75, 3.05) is 30.4 Å². The molecule has 10 nitrogen and oxygen atoms in total. The topological polar surface area (TPSA) is 116 Å². The third-order valence-corrected chi connectivity index (χ3v) is 5.97. The van der Waals surface area contributed by atoms with Crippen molar-refractivity contribution in [1.82, 2.24) is 30.0 Å². The quantitative estimate of drug-likeness (QED) is 0.712. The van der Waals surface area contributed by atoms with E-state index in [2.05, 4.69) is 42.4 Å². The van der Waals surface area contributed by atoms with Crippen LogP contribution < -0.4 is 10.2 Å². The van der Waals surface area contributed by atoms with E-state index in [4.69, 9.17) is 4.52 Å². The Labute approximate surface area is 161 Å². The number of carbonyl (C=O) groups excluding carboxylic acids is 1. The van der Waals surface area contributed by atoms with Crippen molar-refractivity contribution < 1.29 is 9.32 Å². The van der Waals surface area contributed by atoms with E-state index in [0.29, 0.717) is 23.8 Å². The summed E-state index contributed by atoms with van der Waals surface area (Å²) >= 11 is 0. The van der Waals surface area contributed by atoms with Gasteiger partial charge in [-0.15, -0.1) is 0 Å². The molecule has 146 valence electrons. The highest BCUT2D eigenvalue weighted by Crippen LogP contribution is 2.41. The number of aromatic amines is 1. The van der Waals surface area contributed by atoms with Crippen LogP contribution in [0.4, 0.5) is 16.6 Å². The third kappa shape index (κ3) is 2.85. The molecule has 3 atom stereocenters. The molecule has 1 saturated carbocycles. The Balaban J connectivity index is 1.23. The highest BCUT2D eigenvalue weighted by atomic mass is 16.5. The third-order valence-electron chi connectivity index (χ3n) is 5.97. The predicted molar refractivity (Wildman–Crippen MR) is 102 cm³/mol. The summed E-state index contributed by atoms with van der Waals surface area (Å²) in [5.74, 6) is 2.60. The second-order valence-corrected chi connectivity index (χ2v) is 7.67. The Morgan fingerprint density at radius 1 is 1.32 bits per heavy atom. The van der Waals surface area contributed by atoms with Gasteiger partial charge >= 0.3 is 6.03 Å². The molecular formula is C18H22N8O2. The van der Waals surface area contributed by atoms with Crippen LogP contribution >= 0.6 is 0 Å². The molecule has 2 fully saturated rings. The summed E-state index contributed by atoms with van der Waals surface area (Å²) in [5.41, 5.74) is 0.856. The summed E-state index contributed by atoms with van der Waals surface area (Å²) in [5, 5.41) is 7.47. The number of hydrogen-bond donors (Lipinski definition) is 2. The molecule has 10 heteroatoms. The second-order valence-electron chi connectivity index (χ2n) is 7.67. The van der Waals surface area contributed by atoms with Crippen molar-refractivity contribution in [3.63, 3.8) is 0 Å². The highest BCUT2D eigenvalue weighted by Gasteiger charge is 2.44. The zero-order valence-corrected chi connectivity index (χ0v) is 15.8. The van der Waals surface area contributed by atoms with Crippen molar-refractivity contribution in [3.05, 3.63) is 24.5 Å². The van der Waals surface area contributed by atoms with Crippen LogP contribution in [0.25, 0.3) is 11.0 Å². The molecule has 2 aliphatic rings. The molecule has 0 spiro atoms. The summed E-state index contributed by atoms with van der Waals surface area (Å²) in [6, 6.07) is 2.26. The van der Waals surface area contributed by atoms with Gasteiger partial charge in [0.15, 0.2) is 0 Å². The van der Waals surface area contributed by atoms with Gasteiger partial charge in [0.05, 0.1) is 5.39 Å². The molecule has 0 radical (unpaired) electrons. The van der Waals surface area contributed by atoms with Crippen LogP contribution in [-0.2, 0) is 0 Å². The van der Waals surface area contributed by atoms with Gasteiger partial charge in [0.25, 0.3) is 5.95 Å². The smallest absolute Gasteiger partial charge is 0.324 e. The van der Waals surface area contributed by atoms with Crippen molar-refractivity contribution in [3.8, 4) is 0 Å². The van der Waals surface area contributed by atoms with E-state index in [9.17, 15) is 4.79 Å². The molecule has 0 unspecified atom stereocenters. The number of amides is 2. The zero-order chi connectivity index (χ0) is 19.3. The van der Waals surface area contributed by atoms with Crippen LogP contribution in [0.2, 0.25) is 0 Å². The number of likely N-dealkylation sites (tertiary alicyclic amines) is 1. The van der Waals surface area contributed by atoms with E-state index in [-0.39, 0.29) is 12.0 Å². The minimum atomic E-state index is -0.162. The van der Waals surface area contributed by atoms with E-state index in [1.165, 1.54) is 0 Å². The number of nitrogens with zero attached hydrogens (tertiary/aromatic N) is 6. The summed E-state index contributed by atoms with van der Waals surface area (Å²) in [6.07, 6.45) is 5.58. The zero-order valence-electron chi connectivity index (χ0n) is 15.8. The van der Waals surface area contributed by atoms with Crippen LogP contribution in [0.5, 0.6) is 0 Å². The molecule has 0 aromatic carbocycles. The van der Waals surface area contributed by atoms with Gasteiger partial charge in [0.2, 0.25) is 5.89 Å². The molecule has 2 N–H and O–H groups in total. The number of carbonyl (C=O) groups is 1. The number of nitrogens with one attached hydrogen (secondary N) is 2. The molecule has 3 aromatic rings. The maximum atomic E-state index is 12.5. The van der Waals surface area contributed by atoms with Gasteiger partial charge in [0.1, 0.15) is 17.8 Å². The van der Waals surface area contributed by atoms with E-state index in [1.807, 2.05) is 17.2 Å². The second kappa shape index (κ2) is 6.47. The molecule has 2 amide bonds. The lowest BCUT2D eigenvalue weighted by Gasteiger charge is -2.27. The fourth-order valence-electron chi connectivity index (χ4n) is 4.59. The predicted octanol–water partition coefficient (Wildman–Crippen LogP) is 2.03. The van der Waals surface area contributed by atoms with Crippen LogP contribution in [0.1, 0.15) is 18.7 Å². The number of urea groups is 1. The number of aromatic nitrogens is 5. The van der Waals surface area contributed by atoms with E-state index >= 15 is 0 Å². The fraction of sp³-hybridized carbons (Fsp3) is 0.500. The van der Waals surface area contributed by atoms with Crippen molar-refractivity contribution >= 4 is 28.8 Å². The molecular weight excluding hydrogens is 360 g/mol. The van der Waals surface area contributed by atoms with E-state index < -0.39 is 0 Å². The molecule has 1 aliphatic carbocycles. The van der Waals surface area contributed by atoms with Crippen molar-refractivity contribution in [2.24, 2.45) is 11.8 Å². The van der Waals surface area contributed by atoms with E-state index in [0.717, 1.165) is 42.8 Å². The first-order valence-electron chi connectivity index (χ1n) is 9.45. The Kier molecular flexibility index (Phi) is 3.92. The number of fused-ring (bicyclic) bond motifs is 2. The summed E-state index contributed by atoms with van der Waals surface area (Å²) in [6.45, 7) is 3.19. The number of anilines is 2. The van der Waals surface area contributed by atoms with Gasteiger partial charge in [0, 0.05) is 39.3 Å². The van der Waals surface area contributed by atoms with Gasteiger partial charge in [-0.05, 0) is 35.9 Å². The van der Waals surface area contributed by atoms with Crippen molar-refractivity contribution in [1.29, 1.82) is 0 Å². The Morgan fingerprint density at radius 3 is 2.82 bits per heavy atom. The lowest BCUT2D eigenvalue weighted by Crippen LogP contribution is -2.36. The maximum absolute atomic E-state index is 12.5. The Hall–Kier alpha value is -3.17. The molecule has 28 heavy (non-hydrogen) atoms. The monoisotopic (exact) mass is 382 g/mol. The molecule has 5 rings (SSSR count). The largest absolute Gasteiger partial charge is 0.356 e. The first-order valence-corrected chi connectivity index (χ1v) is 9.45. The number of hydrogen-bond acceptors (Lipinski definition) is 7. The Morgan fingerprint density at radius 2 is 2.11 bits per heavy atom. The van der Waals surface area contributed by atoms with E-state index in [1.54, 1.807) is 13.3 Å². The first-order chi connectivity index (χ1) is 13.6. The van der Waals surface area contributed by atoms with Crippen LogP contribution in [0, 0.1) is 18.8 Å². The summed E-state index contributed by atoms with van der Waals surface area (Å²) in [4.78, 5) is 32.5. The molecule has 1 saturated heterocycles. The van der Waals surface area contributed by atoms with Gasteiger partial charge < -0.3 is 19.3 Å². The van der Waals surface area contributed by atoms with Gasteiger partial charge in [-0.1, -0.05) is 0 Å². The highest BCUT2D eigenvalue weighted by molar-refractivity contribution is 5.88. The molecule has 3 aromatic heterocycles. The molecule has 0 bridgehead atoms. The van der Waals surface area contributed by atoms with Crippen LogP contribution in [0.3, 0.4) is 0 Å². The number of rotatable bonds is 3. The average molecular weight is 382 g/mol. The minimum Gasteiger partial charge on any atom is -0.356 e. The lowest BCUT2D eigenvalue weighted by atomic mass is 10.0. The van der Waals surface area contributed by atoms with Crippen molar-refractivity contribution in [2.45, 2.75) is 25.8 Å².